The molecule has 4 atom stereocenters. The van der Waals surface area contributed by atoms with Gasteiger partial charge in [-0.05, 0) is 12.5 Å². The molecule has 0 radical (unpaired) electrons. The molecule has 0 unspecified atom stereocenters. The number of rotatable bonds is 5. The van der Waals surface area contributed by atoms with Crippen molar-refractivity contribution in [3.8, 4) is 0 Å². The van der Waals surface area contributed by atoms with Crippen molar-refractivity contribution in [1.82, 2.24) is 19.3 Å². The molecule has 1 aromatic carbocycles. The van der Waals surface area contributed by atoms with Gasteiger partial charge in [-0.25, -0.2) is 9.97 Å². The fraction of sp³-hybridized carbons (Fsp3) is 0.389. The van der Waals surface area contributed by atoms with Crippen LogP contribution in [-0.4, -0.2) is 59.5 Å². The van der Waals surface area contributed by atoms with Gasteiger partial charge < -0.3 is 24.9 Å². The first-order valence-corrected chi connectivity index (χ1v) is 8.79. The third-order valence-electron chi connectivity index (χ3n) is 4.74. The van der Waals surface area contributed by atoms with Crippen molar-refractivity contribution in [2.45, 2.75) is 38.1 Å². The van der Waals surface area contributed by atoms with E-state index in [9.17, 15) is 15.3 Å². The van der Waals surface area contributed by atoms with Crippen LogP contribution in [0, 0.1) is 12.3 Å². The molecule has 0 saturated carbocycles. The molecule has 4 rings (SSSR count). The summed E-state index contributed by atoms with van der Waals surface area (Å²) in [6, 6.07) is 7.85. The first-order valence-electron chi connectivity index (χ1n) is 8.79. The lowest BCUT2D eigenvalue weighted by atomic mass is 10.1. The number of aliphatic hydroxyl groups excluding tert-OH is 3. The summed E-state index contributed by atoms with van der Waals surface area (Å²) in [7, 11) is 0. The molecule has 28 heavy (non-hydrogen) atoms. The lowest BCUT2D eigenvalue weighted by molar-refractivity contribution is -0.0511. The van der Waals surface area contributed by atoms with Crippen LogP contribution in [0.25, 0.3) is 11.2 Å². The van der Waals surface area contributed by atoms with Crippen molar-refractivity contribution in [1.29, 1.82) is 5.41 Å². The Morgan fingerprint density at radius 3 is 2.75 bits per heavy atom. The molecular weight excluding hydrogens is 366 g/mol. The normalized spacial score (nSPS) is 24.7. The highest BCUT2D eigenvalue weighted by atomic mass is 16.7. The number of imidazole rings is 1. The third kappa shape index (κ3) is 3.16. The maximum absolute atomic E-state index is 10.2. The summed E-state index contributed by atoms with van der Waals surface area (Å²) >= 11 is 0. The summed E-state index contributed by atoms with van der Waals surface area (Å²) in [5.74, 6) is 0. The maximum Gasteiger partial charge on any atom is 0.192 e. The minimum atomic E-state index is -1.25. The van der Waals surface area contributed by atoms with E-state index in [0.29, 0.717) is 5.65 Å². The van der Waals surface area contributed by atoms with Gasteiger partial charge in [-0.3, -0.25) is 9.98 Å². The zero-order chi connectivity index (χ0) is 19.8. The number of fused-ring (bicyclic) bond motifs is 1. The van der Waals surface area contributed by atoms with Gasteiger partial charge >= 0.3 is 0 Å². The Labute approximate surface area is 159 Å². The Morgan fingerprint density at radius 1 is 1.21 bits per heavy atom. The van der Waals surface area contributed by atoms with Gasteiger partial charge in [0.2, 0.25) is 0 Å². The van der Waals surface area contributed by atoms with Gasteiger partial charge in [-0.15, -0.1) is 0 Å². The minimum Gasteiger partial charge on any atom is -0.406 e. The monoisotopic (exact) mass is 387 g/mol. The highest BCUT2D eigenvalue weighted by Gasteiger charge is 2.43. The molecule has 1 saturated heterocycles. The fourth-order valence-corrected chi connectivity index (χ4v) is 3.26. The standard InChI is InChI=1S/C18H21N5O5/c1-10-3-2-4-11(5-10)7-27-23-9-21-17-13(16(23)19)20-8-22(17)18-15(26)14(25)12(6-24)28-18/h2-5,8-9,12,14-15,18-19,24-26H,6-7H2,1H3/t12-,14-,15-,18-/m1/s1. The summed E-state index contributed by atoms with van der Waals surface area (Å²) in [6.45, 7) is 1.83. The van der Waals surface area contributed by atoms with Crippen LogP contribution >= 0.6 is 0 Å². The van der Waals surface area contributed by atoms with E-state index in [0.717, 1.165) is 11.1 Å². The van der Waals surface area contributed by atoms with Crippen molar-refractivity contribution in [2.75, 3.05) is 6.61 Å². The van der Waals surface area contributed by atoms with Gasteiger partial charge in [0.25, 0.3) is 0 Å². The summed E-state index contributed by atoms with van der Waals surface area (Å²) < 4.78 is 8.16. The molecule has 0 bridgehead atoms. The summed E-state index contributed by atoms with van der Waals surface area (Å²) in [5, 5.41) is 37.7. The lowest BCUT2D eigenvalue weighted by Crippen LogP contribution is -2.33. The number of ether oxygens (including phenoxy) is 1. The maximum atomic E-state index is 10.2. The number of hydrogen-bond acceptors (Lipinski definition) is 8. The Morgan fingerprint density at radius 2 is 2.04 bits per heavy atom. The predicted octanol–water partition coefficient (Wildman–Crippen LogP) is -0.739. The first-order chi connectivity index (χ1) is 13.5. The zero-order valence-electron chi connectivity index (χ0n) is 15.1. The van der Waals surface area contributed by atoms with Crippen molar-refractivity contribution < 1.29 is 24.9 Å². The third-order valence-corrected chi connectivity index (χ3v) is 4.74. The van der Waals surface area contributed by atoms with E-state index in [-0.39, 0.29) is 17.6 Å². The zero-order valence-corrected chi connectivity index (χ0v) is 15.1. The predicted molar refractivity (Wildman–Crippen MR) is 95.8 cm³/mol. The molecule has 4 N–H and O–H groups in total. The van der Waals surface area contributed by atoms with Crippen molar-refractivity contribution in [3.63, 3.8) is 0 Å². The van der Waals surface area contributed by atoms with Gasteiger partial charge in [-0.1, -0.05) is 29.8 Å². The average molecular weight is 387 g/mol. The Hall–Kier alpha value is -2.79. The van der Waals surface area contributed by atoms with Crippen LogP contribution in [0.2, 0.25) is 0 Å². The van der Waals surface area contributed by atoms with E-state index in [1.807, 2.05) is 31.2 Å². The van der Waals surface area contributed by atoms with Gasteiger partial charge in [0.05, 0.1) is 12.9 Å². The van der Waals surface area contributed by atoms with Crippen LogP contribution in [0.1, 0.15) is 17.4 Å². The molecular formula is C18H21N5O5. The van der Waals surface area contributed by atoms with Crippen LogP contribution in [0.3, 0.4) is 0 Å². The Bertz CT molecular complexity index is 1050. The van der Waals surface area contributed by atoms with Crippen LogP contribution in [0.5, 0.6) is 0 Å². The van der Waals surface area contributed by atoms with E-state index in [1.54, 1.807) is 0 Å². The molecule has 3 aromatic rings. The topological polar surface area (TPSA) is 139 Å². The van der Waals surface area contributed by atoms with E-state index in [1.165, 1.54) is 22.0 Å². The minimum absolute atomic E-state index is 0.0110. The highest BCUT2D eigenvalue weighted by Crippen LogP contribution is 2.30. The number of aromatic nitrogens is 4. The molecule has 1 aliphatic rings. The molecule has 10 nitrogen and oxygen atoms in total. The second kappa shape index (κ2) is 7.32. The number of nitrogens with one attached hydrogen (secondary N) is 1. The molecule has 0 amide bonds. The second-order valence-corrected chi connectivity index (χ2v) is 6.73. The largest absolute Gasteiger partial charge is 0.406 e. The second-order valence-electron chi connectivity index (χ2n) is 6.73. The summed E-state index contributed by atoms with van der Waals surface area (Å²) in [5.41, 5.74) is 2.62. The molecule has 10 heteroatoms. The van der Waals surface area contributed by atoms with Gasteiger partial charge in [-0.2, -0.15) is 4.73 Å². The highest BCUT2D eigenvalue weighted by molar-refractivity contribution is 5.68. The van der Waals surface area contributed by atoms with Crippen molar-refractivity contribution >= 4 is 11.2 Å². The van der Waals surface area contributed by atoms with Crippen molar-refractivity contribution in [2.24, 2.45) is 0 Å². The molecule has 148 valence electrons. The van der Waals surface area contributed by atoms with E-state index in [4.69, 9.17) is 15.0 Å². The molecule has 1 fully saturated rings. The summed E-state index contributed by atoms with van der Waals surface area (Å²) in [4.78, 5) is 14.1. The van der Waals surface area contributed by atoms with Gasteiger partial charge in [0, 0.05) is 0 Å². The smallest absolute Gasteiger partial charge is 0.192 e. The van der Waals surface area contributed by atoms with Crippen LogP contribution < -0.4 is 10.3 Å². The molecule has 2 aromatic heterocycles. The number of nitrogens with zero attached hydrogens (tertiary/aromatic N) is 4. The quantitative estimate of drug-likeness (QED) is 0.452. The number of aryl methyl sites for hydroxylation is 1. The Kier molecular flexibility index (Phi) is 4.85. The van der Waals surface area contributed by atoms with Crippen LogP contribution in [-0.2, 0) is 11.3 Å². The first kappa shape index (κ1) is 18.6. The SMILES string of the molecule is Cc1cccc(COn2cnc3c(ncn3[C@@H]3O[C@H](CO)[C@@H](O)[C@H]3O)c2=N)c1. The van der Waals surface area contributed by atoms with Gasteiger partial charge in [0.15, 0.2) is 22.9 Å². The van der Waals surface area contributed by atoms with Crippen LogP contribution in [0.15, 0.2) is 36.9 Å². The number of aliphatic hydroxyl groups is 3. The number of hydrogen-bond donors (Lipinski definition) is 4. The molecule has 0 spiro atoms. The van der Waals surface area contributed by atoms with Crippen molar-refractivity contribution in [3.05, 3.63) is 53.5 Å². The number of benzene rings is 1. The fourth-order valence-electron chi connectivity index (χ4n) is 3.26. The molecule has 1 aliphatic heterocycles. The van der Waals surface area contributed by atoms with Gasteiger partial charge in [0.1, 0.15) is 31.2 Å². The Balaban J connectivity index is 1.60. The van der Waals surface area contributed by atoms with E-state index in [2.05, 4.69) is 9.97 Å². The van der Waals surface area contributed by atoms with E-state index >= 15 is 0 Å². The lowest BCUT2D eigenvalue weighted by Gasteiger charge is -2.16. The molecule has 3 heterocycles. The van der Waals surface area contributed by atoms with Crippen LogP contribution in [0.4, 0.5) is 0 Å². The summed E-state index contributed by atoms with van der Waals surface area (Å²) in [6.07, 6.45) is -1.63. The molecule has 0 aliphatic carbocycles. The van der Waals surface area contributed by atoms with E-state index < -0.39 is 31.1 Å². The average Bonchev–Trinajstić information content (AvgIpc) is 3.23.